The minimum atomic E-state index is 0.706. The lowest BCUT2D eigenvalue weighted by atomic mass is 9.94. The Kier molecular flexibility index (Phi) is 5.90. The second-order valence-corrected chi connectivity index (χ2v) is 5.53. The summed E-state index contributed by atoms with van der Waals surface area (Å²) in [6.07, 6.45) is 5.96. The van der Waals surface area contributed by atoms with E-state index < -0.39 is 0 Å². The molecule has 0 saturated carbocycles. The van der Waals surface area contributed by atoms with Crippen molar-refractivity contribution in [3.63, 3.8) is 0 Å². The summed E-state index contributed by atoms with van der Waals surface area (Å²) >= 11 is 5.97. The molecule has 89 valence electrons. The monoisotopic (exact) mass is 237 g/mol. The second-order valence-electron chi connectivity index (χ2n) is 5.09. The van der Waals surface area contributed by atoms with Crippen LogP contribution in [-0.2, 0) is 6.42 Å². The average Bonchev–Trinajstić information content (AvgIpc) is 2.16. The Balaban J connectivity index is 2.31. The summed E-state index contributed by atoms with van der Waals surface area (Å²) in [5, 5.41) is 0.843. The number of rotatable bonds is 6. The zero-order chi connectivity index (χ0) is 12.0. The van der Waals surface area contributed by atoms with Crippen LogP contribution in [0.25, 0.3) is 0 Å². The molecule has 0 aliphatic carbocycles. The van der Waals surface area contributed by atoms with Crippen molar-refractivity contribution in [2.75, 3.05) is 0 Å². The van der Waals surface area contributed by atoms with Crippen LogP contribution in [0.2, 0.25) is 5.02 Å². The second kappa shape index (κ2) is 6.96. The topological polar surface area (TPSA) is 0 Å². The van der Waals surface area contributed by atoms with E-state index in [1.165, 1.54) is 18.4 Å². The first-order valence-electron chi connectivity index (χ1n) is 6.14. The van der Waals surface area contributed by atoms with E-state index in [4.69, 9.17) is 11.6 Å². The minimum Gasteiger partial charge on any atom is -0.0843 e. The molecule has 0 bridgehead atoms. The first kappa shape index (κ1) is 13.6. The summed E-state index contributed by atoms with van der Waals surface area (Å²) in [4.78, 5) is 0. The van der Waals surface area contributed by atoms with Crippen LogP contribution in [0.4, 0.5) is 0 Å². The van der Waals surface area contributed by atoms with Crippen LogP contribution in [0.5, 0.6) is 0 Å². The minimum absolute atomic E-state index is 0.706. The van der Waals surface area contributed by atoms with Crippen LogP contribution in [0.1, 0.15) is 39.2 Å². The number of benzene rings is 1. The third-order valence-electron chi connectivity index (χ3n) is 2.68. The molecule has 1 aromatic carbocycles. The number of hydrogen-bond donors (Lipinski definition) is 0. The highest BCUT2D eigenvalue weighted by Gasteiger charge is 2.05. The summed E-state index contributed by atoms with van der Waals surface area (Å²) in [7, 11) is 0. The molecular formula is C15H22Cl. The van der Waals surface area contributed by atoms with Crippen LogP contribution in [0.3, 0.4) is 0 Å². The van der Waals surface area contributed by atoms with Crippen molar-refractivity contribution < 1.29 is 0 Å². The lowest BCUT2D eigenvalue weighted by Crippen LogP contribution is -2.01. The fourth-order valence-electron chi connectivity index (χ4n) is 1.86. The Bertz CT molecular complexity index is 304. The Labute approximate surface area is 105 Å². The maximum absolute atomic E-state index is 5.97. The van der Waals surface area contributed by atoms with E-state index in [0.29, 0.717) is 5.92 Å². The highest BCUT2D eigenvalue weighted by Crippen LogP contribution is 2.18. The zero-order valence-electron chi connectivity index (χ0n) is 10.5. The van der Waals surface area contributed by atoms with Gasteiger partial charge in [-0.1, -0.05) is 44.5 Å². The van der Waals surface area contributed by atoms with Crippen LogP contribution in [0.15, 0.2) is 24.3 Å². The molecule has 1 radical (unpaired) electrons. The van der Waals surface area contributed by atoms with E-state index in [2.05, 4.69) is 39.3 Å². The summed E-state index contributed by atoms with van der Waals surface area (Å²) in [5.74, 6) is 1.48. The largest absolute Gasteiger partial charge is 0.0843 e. The van der Waals surface area contributed by atoms with Crippen LogP contribution in [0, 0.1) is 18.3 Å². The van der Waals surface area contributed by atoms with Gasteiger partial charge in [0.2, 0.25) is 0 Å². The van der Waals surface area contributed by atoms with E-state index in [-0.39, 0.29) is 0 Å². The van der Waals surface area contributed by atoms with Crippen molar-refractivity contribution in [1.29, 1.82) is 0 Å². The van der Waals surface area contributed by atoms with E-state index in [1.807, 2.05) is 12.1 Å². The first-order valence-corrected chi connectivity index (χ1v) is 6.52. The molecule has 16 heavy (non-hydrogen) atoms. The first-order chi connectivity index (χ1) is 7.58. The molecule has 0 heterocycles. The predicted molar refractivity (Wildman–Crippen MR) is 72.7 cm³/mol. The molecule has 0 N–H and O–H groups in total. The summed E-state index contributed by atoms with van der Waals surface area (Å²) in [6.45, 7) is 6.83. The van der Waals surface area contributed by atoms with Crippen molar-refractivity contribution in [2.24, 2.45) is 11.8 Å². The highest BCUT2D eigenvalue weighted by atomic mass is 35.5. The van der Waals surface area contributed by atoms with Gasteiger partial charge in [-0.25, -0.2) is 0 Å². The number of halogens is 1. The van der Waals surface area contributed by atoms with Gasteiger partial charge in [0, 0.05) is 5.02 Å². The molecule has 1 heteroatoms. The van der Waals surface area contributed by atoms with Crippen LogP contribution >= 0.6 is 11.6 Å². The SMILES string of the molecule is CC(C)C[CH]CC(C)Cc1cccc(Cl)c1. The fourth-order valence-corrected chi connectivity index (χ4v) is 2.08. The lowest BCUT2D eigenvalue weighted by molar-refractivity contribution is 0.530. The van der Waals surface area contributed by atoms with Gasteiger partial charge in [-0.3, -0.25) is 0 Å². The van der Waals surface area contributed by atoms with Crippen molar-refractivity contribution in [1.82, 2.24) is 0 Å². The molecule has 0 nitrogen and oxygen atoms in total. The molecule has 1 unspecified atom stereocenters. The van der Waals surface area contributed by atoms with Gasteiger partial charge in [-0.15, -0.1) is 0 Å². The Hall–Kier alpha value is -0.490. The quantitative estimate of drug-likeness (QED) is 0.641. The van der Waals surface area contributed by atoms with Crippen molar-refractivity contribution in [3.05, 3.63) is 41.3 Å². The summed E-state index contributed by atoms with van der Waals surface area (Å²) < 4.78 is 0. The molecule has 0 spiro atoms. The molecule has 1 aromatic rings. The van der Waals surface area contributed by atoms with Gasteiger partial charge in [-0.2, -0.15) is 0 Å². The van der Waals surface area contributed by atoms with Gasteiger partial charge < -0.3 is 0 Å². The standard InChI is InChI=1S/C15H22Cl/c1-12(2)6-4-7-13(3)10-14-8-5-9-15(16)11-14/h4-5,8-9,11-13H,6-7,10H2,1-3H3. The molecule has 0 aliphatic heterocycles. The van der Waals surface area contributed by atoms with Crippen LogP contribution in [-0.4, -0.2) is 0 Å². The van der Waals surface area contributed by atoms with E-state index >= 15 is 0 Å². The van der Waals surface area contributed by atoms with E-state index in [1.54, 1.807) is 0 Å². The molecule has 0 amide bonds. The molecule has 0 aromatic heterocycles. The Morgan fingerprint density at radius 3 is 2.56 bits per heavy atom. The third-order valence-corrected chi connectivity index (χ3v) is 2.92. The normalized spacial score (nSPS) is 13.1. The molecule has 0 aliphatic rings. The predicted octanol–water partition coefficient (Wildman–Crippen LogP) is 5.16. The van der Waals surface area contributed by atoms with Gasteiger partial charge >= 0.3 is 0 Å². The zero-order valence-corrected chi connectivity index (χ0v) is 11.3. The summed E-state index contributed by atoms with van der Waals surface area (Å²) in [6, 6.07) is 8.19. The Morgan fingerprint density at radius 1 is 1.19 bits per heavy atom. The van der Waals surface area contributed by atoms with Gasteiger partial charge in [0.25, 0.3) is 0 Å². The van der Waals surface area contributed by atoms with Crippen LogP contribution < -0.4 is 0 Å². The van der Waals surface area contributed by atoms with Gasteiger partial charge in [0.1, 0.15) is 0 Å². The van der Waals surface area contributed by atoms with E-state index in [9.17, 15) is 0 Å². The van der Waals surface area contributed by atoms with Gasteiger partial charge in [0.15, 0.2) is 0 Å². The summed E-state index contributed by atoms with van der Waals surface area (Å²) in [5.41, 5.74) is 1.35. The third kappa shape index (κ3) is 5.55. The molecule has 0 saturated heterocycles. The maximum Gasteiger partial charge on any atom is 0.0408 e. The van der Waals surface area contributed by atoms with E-state index in [0.717, 1.165) is 17.4 Å². The molecule has 1 atom stereocenters. The molecular weight excluding hydrogens is 216 g/mol. The van der Waals surface area contributed by atoms with Crippen molar-refractivity contribution >= 4 is 11.6 Å². The maximum atomic E-state index is 5.97. The Morgan fingerprint density at radius 2 is 1.94 bits per heavy atom. The molecule has 0 fully saturated rings. The molecule has 1 rings (SSSR count). The van der Waals surface area contributed by atoms with Crippen molar-refractivity contribution in [3.8, 4) is 0 Å². The highest BCUT2D eigenvalue weighted by molar-refractivity contribution is 6.30. The fraction of sp³-hybridized carbons (Fsp3) is 0.533. The average molecular weight is 238 g/mol. The number of hydrogen-bond acceptors (Lipinski definition) is 0. The van der Waals surface area contributed by atoms with Gasteiger partial charge in [0.05, 0.1) is 0 Å². The van der Waals surface area contributed by atoms with Gasteiger partial charge in [-0.05, 0) is 55.2 Å². The van der Waals surface area contributed by atoms with Crippen molar-refractivity contribution in [2.45, 2.75) is 40.0 Å². The smallest absolute Gasteiger partial charge is 0.0408 e. The lowest BCUT2D eigenvalue weighted by Gasteiger charge is -2.12.